The van der Waals surface area contributed by atoms with Gasteiger partial charge in [-0.15, -0.1) is 22.7 Å². The third kappa shape index (κ3) is 4.19. The summed E-state index contributed by atoms with van der Waals surface area (Å²) in [5, 5.41) is 4.40. The van der Waals surface area contributed by atoms with Crippen molar-refractivity contribution in [2.45, 2.75) is 18.7 Å². The molecule has 0 aliphatic rings. The lowest BCUT2D eigenvalue weighted by molar-refractivity contribution is 0.569. The zero-order valence-electron chi connectivity index (χ0n) is 14.1. The van der Waals surface area contributed by atoms with Crippen molar-refractivity contribution in [3.63, 3.8) is 0 Å². The van der Waals surface area contributed by atoms with Gasteiger partial charge in [0, 0.05) is 35.4 Å². The zero-order chi connectivity index (χ0) is 18.7. The fraction of sp³-hybridized carbons (Fsp3) is 0.250. The normalized spacial score (nSPS) is 11.7. The van der Waals surface area contributed by atoms with Crippen molar-refractivity contribution in [2.75, 3.05) is 16.2 Å². The van der Waals surface area contributed by atoms with E-state index >= 15 is 0 Å². The first-order chi connectivity index (χ1) is 12.4. The van der Waals surface area contributed by atoms with Gasteiger partial charge in [-0.3, -0.25) is 4.72 Å². The highest BCUT2D eigenvalue weighted by atomic mass is 32.2. The van der Waals surface area contributed by atoms with Crippen LogP contribution in [0.3, 0.4) is 0 Å². The molecule has 0 amide bonds. The number of thiazole rings is 2. The number of hydrogen-bond donors (Lipinski definition) is 1. The highest BCUT2D eigenvalue weighted by Gasteiger charge is 2.22. The van der Waals surface area contributed by atoms with E-state index in [4.69, 9.17) is 0 Å². The summed E-state index contributed by atoms with van der Waals surface area (Å²) in [5.41, 5.74) is 0.555. The van der Waals surface area contributed by atoms with Crippen molar-refractivity contribution in [2.24, 2.45) is 5.92 Å². The number of nitrogens with one attached hydrogen (secondary N) is 1. The van der Waals surface area contributed by atoms with E-state index in [1.54, 1.807) is 17.6 Å². The molecule has 0 spiro atoms. The van der Waals surface area contributed by atoms with E-state index in [0.29, 0.717) is 18.2 Å². The van der Waals surface area contributed by atoms with Crippen molar-refractivity contribution in [3.05, 3.63) is 47.2 Å². The van der Waals surface area contributed by atoms with Gasteiger partial charge in [-0.25, -0.2) is 22.8 Å². The van der Waals surface area contributed by atoms with Crippen LogP contribution in [0.5, 0.6) is 0 Å². The second-order valence-corrected chi connectivity index (χ2v) is 9.30. The second-order valence-electron chi connectivity index (χ2n) is 5.88. The van der Waals surface area contributed by atoms with Gasteiger partial charge < -0.3 is 4.90 Å². The lowest BCUT2D eigenvalue weighted by Crippen LogP contribution is -2.23. The summed E-state index contributed by atoms with van der Waals surface area (Å²) in [6, 6.07) is 4.07. The van der Waals surface area contributed by atoms with E-state index < -0.39 is 20.7 Å². The average Bonchev–Trinajstić information content (AvgIpc) is 3.25. The molecule has 6 nitrogen and oxygen atoms in total. The molecule has 0 saturated heterocycles. The van der Waals surface area contributed by atoms with Crippen LogP contribution in [0.1, 0.15) is 13.8 Å². The van der Waals surface area contributed by atoms with Gasteiger partial charge in [0.2, 0.25) is 0 Å². The summed E-state index contributed by atoms with van der Waals surface area (Å²) in [4.78, 5) is 9.60. The third-order valence-corrected chi connectivity index (χ3v) is 6.35. The maximum absolute atomic E-state index is 14.6. The molecule has 3 aromatic rings. The summed E-state index contributed by atoms with van der Waals surface area (Å²) < 4.78 is 41.7. The molecule has 138 valence electrons. The van der Waals surface area contributed by atoms with E-state index in [0.717, 1.165) is 16.5 Å². The molecule has 0 fully saturated rings. The molecule has 1 aromatic carbocycles. The zero-order valence-corrected chi connectivity index (χ0v) is 16.5. The lowest BCUT2D eigenvalue weighted by Gasteiger charge is -2.24. The number of sulfonamides is 1. The molecule has 3 rings (SSSR count). The predicted octanol–water partition coefficient (Wildman–Crippen LogP) is 4.33. The standard InChI is InChI=1S/C16H17FN4O2S3/c1-11(2)10-21(16-19-6-8-25-16)12-3-4-14(13(17)9-12)26(22,23)20-15-18-5-7-24-15/h3-9,11H,10H2,1-2H3,(H,18,20). The summed E-state index contributed by atoms with van der Waals surface area (Å²) >= 11 is 2.57. The fourth-order valence-electron chi connectivity index (χ4n) is 2.33. The van der Waals surface area contributed by atoms with Gasteiger partial charge >= 0.3 is 0 Å². The Bertz CT molecular complexity index is 958. The number of anilines is 3. The number of benzene rings is 1. The first-order valence-electron chi connectivity index (χ1n) is 7.75. The maximum Gasteiger partial charge on any atom is 0.266 e. The summed E-state index contributed by atoms with van der Waals surface area (Å²) in [5.74, 6) is -0.506. The average molecular weight is 413 g/mol. The Morgan fingerprint density at radius 3 is 2.50 bits per heavy atom. The minimum absolute atomic E-state index is 0.192. The van der Waals surface area contributed by atoms with Crippen LogP contribution >= 0.6 is 22.7 Å². The van der Waals surface area contributed by atoms with Gasteiger partial charge in [-0.05, 0) is 24.1 Å². The van der Waals surface area contributed by atoms with Gasteiger partial charge in [0.05, 0.1) is 0 Å². The van der Waals surface area contributed by atoms with E-state index in [9.17, 15) is 12.8 Å². The summed E-state index contributed by atoms with van der Waals surface area (Å²) in [6.07, 6.45) is 3.15. The van der Waals surface area contributed by atoms with Gasteiger partial charge in [0.15, 0.2) is 10.3 Å². The first-order valence-corrected chi connectivity index (χ1v) is 11.0. The molecule has 0 saturated carbocycles. The molecule has 0 bridgehead atoms. The summed E-state index contributed by atoms with van der Waals surface area (Å²) in [7, 11) is -4.04. The Labute approximate surface area is 159 Å². The van der Waals surface area contributed by atoms with Crippen LogP contribution in [0.25, 0.3) is 0 Å². The van der Waals surface area contributed by atoms with Crippen LogP contribution in [0.15, 0.2) is 46.2 Å². The van der Waals surface area contributed by atoms with Crippen molar-refractivity contribution >= 4 is 48.6 Å². The van der Waals surface area contributed by atoms with E-state index in [2.05, 4.69) is 14.7 Å². The Balaban J connectivity index is 1.93. The van der Waals surface area contributed by atoms with Crippen molar-refractivity contribution in [3.8, 4) is 0 Å². The molecule has 26 heavy (non-hydrogen) atoms. The van der Waals surface area contributed by atoms with Crippen LogP contribution in [0.4, 0.5) is 20.3 Å². The predicted molar refractivity (Wildman–Crippen MR) is 103 cm³/mol. The minimum atomic E-state index is -4.04. The molecule has 0 aliphatic heterocycles. The van der Waals surface area contributed by atoms with Gasteiger partial charge in [-0.1, -0.05) is 13.8 Å². The molecule has 0 unspecified atom stereocenters. The second kappa shape index (κ2) is 7.68. The third-order valence-electron chi connectivity index (χ3n) is 3.37. The Morgan fingerprint density at radius 2 is 1.92 bits per heavy atom. The quantitative estimate of drug-likeness (QED) is 0.625. The molecule has 0 radical (unpaired) electrons. The van der Waals surface area contributed by atoms with Crippen LogP contribution in [-0.4, -0.2) is 24.9 Å². The Kier molecular flexibility index (Phi) is 5.54. The number of nitrogens with zero attached hydrogens (tertiary/aromatic N) is 3. The largest absolute Gasteiger partial charge is 0.317 e. The van der Waals surface area contributed by atoms with Crippen LogP contribution in [-0.2, 0) is 10.0 Å². The van der Waals surface area contributed by atoms with E-state index in [-0.39, 0.29) is 5.13 Å². The molecule has 10 heteroatoms. The topological polar surface area (TPSA) is 75.2 Å². The number of rotatable bonds is 7. The fourth-order valence-corrected chi connectivity index (χ4v) is 4.85. The minimum Gasteiger partial charge on any atom is -0.317 e. The Hall–Kier alpha value is -2.04. The van der Waals surface area contributed by atoms with Crippen LogP contribution < -0.4 is 9.62 Å². The van der Waals surface area contributed by atoms with Crippen molar-refractivity contribution in [1.82, 2.24) is 9.97 Å². The summed E-state index contributed by atoms with van der Waals surface area (Å²) in [6.45, 7) is 4.73. The molecule has 1 N–H and O–H groups in total. The molecular weight excluding hydrogens is 395 g/mol. The smallest absolute Gasteiger partial charge is 0.266 e. The number of aromatic nitrogens is 2. The van der Waals surface area contributed by atoms with Gasteiger partial charge in [0.25, 0.3) is 10.0 Å². The highest BCUT2D eigenvalue weighted by molar-refractivity contribution is 7.93. The maximum atomic E-state index is 14.6. The molecule has 2 aromatic heterocycles. The van der Waals surface area contributed by atoms with Crippen molar-refractivity contribution < 1.29 is 12.8 Å². The first kappa shape index (κ1) is 18.7. The lowest BCUT2D eigenvalue weighted by atomic mass is 10.2. The van der Waals surface area contributed by atoms with E-state index in [1.165, 1.54) is 29.7 Å². The van der Waals surface area contributed by atoms with Gasteiger partial charge in [-0.2, -0.15) is 0 Å². The highest BCUT2D eigenvalue weighted by Crippen LogP contribution is 2.31. The molecule has 0 atom stereocenters. The van der Waals surface area contributed by atoms with E-state index in [1.807, 2.05) is 24.1 Å². The van der Waals surface area contributed by atoms with Crippen LogP contribution in [0.2, 0.25) is 0 Å². The van der Waals surface area contributed by atoms with Crippen molar-refractivity contribution in [1.29, 1.82) is 0 Å². The molecule has 0 aliphatic carbocycles. The monoisotopic (exact) mass is 412 g/mol. The van der Waals surface area contributed by atoms with Crippen LogP contribution in [0, 0.1) is 11.7 Å². The number of hydrogen-bond acceptors (Lipinski definition) is 7. The SMILES string of the molecule is CC(C)CN(c1ccc(S(=O)(=O)Nc2nccs2)c(F)c1)c1nccs1. The Morgan fingerprint density at radius 1 is 1.19 bits per heavy atom. The number of halogens is 1. The molecule has 2 heterocycles. The molecular formula is C16H17FN4O2S3. The van der Waals surface area contributed by atoms with Gasteiger partial charge in [0.1, 0.15) is 10.7 Å².